The van der Waals surface area contributed by atoms with Crippen LogP contribution >= 0.6 is 0 Å². The normalized spacial score (nSPS) is 20.8. The van der Waals surface area contributed by atoms with Gasteiger partial charge in [-0.3, -0.25) is 9.59 Å². The molecule has 2 N–H and O–H groups in total. The van der Waals surface area contributed by atoms with Crippen molar-refractivity contribution in [2.45, 2.75) is 31.7 Å². The van der Waals surface area contributed by atoms with Gasteiger partial charge in [0.25, 0.3) is 0 Å². The smallest absolute Gasteiger partial charge is 0.226 e. The molecule has 2 amide bonds. The molecule has 24 heavy (non-hydrogen) atoms. The molecular weight excluding hydrogens is 306 g/mol. The molecule has 6 nitrogen and oxygen atoms in total. The SMILES string of the molecule is O=C(C[C@H]1COCCN1)Nc1ccc(CC(=O)N2CCCC2)cc1. The molecule has 0 saturated carbocycles. The summed E-state index contributed by atoms with van der Waals surface area (Å²) in [7, 11) is 0. The zero-order valence-electron chi connectivity index (χ0n) is 13.9. The van der Waals surface area contributed by atoms with Crippen molar-refractivity contribution in [3.8, 4) is 0 Å². The minimum absolute atomic E-state index is 0.0288. The highest BCUT2D eigenvalue weighted by Gasteiger charge is 2.18. The number of amides is 2. The van der Waals surface area contributed by atoms with E-state index in [9.17, 15) is 9.59 Å². The van der Waals surface area contributed by atoms with Crippen LogP contribution in [0.25, 0.3) is 0 Å². The summed E-state index contributed by atoms with van der Waals surface area (Å²) >= 11 is 0. The summed E-state index contributed by atoms with van der Waals surface area (Å²) in [4.78, 5) is 26.1. The monoisotopic (exact) mass is 331 g/mol. The Kier molecular flexibility index (Phi) is 5.82. The van der Waals surface area contributed by atoms with Gasteiger partial charge in [-0.1, -0.05) is 12.1 Å². The predicted molar refractivity (Wildman–Crippen MR) is 91.8 cm³/mol. The first kappa shape index (κ1) is 16.9. The Labute approximate surface area is 142 Å². The van der Waals surface area contributed by atoms with Gasteiger partial charge in [0.1, 0.15) is 0 Å². The molecule has 0 unspecified atom stereocenters. The van der Waals surface area contributed by atoms with Crippen molar-refractivity contribution in [1.82, 2.24) is 10.2 Å². The van der Waals surface area contributed by atoms with E-state index in [2.05, 4.69) is 10.6 Å². The van der Waals surface area contributed by atoms with E-state index in [0.717, 1.165) is 43.7 Å². The molecule has 2 saturated heterocycles. The third-order valence-corrected chi connectivity index (χ3v) is 4.48. The van der Waals surface area contributed by atoms with E-state index < -0.39 is 0 Å². The Bertz CT molecular complexity index is 561. The molecule has 2 heterocycles. The van der Waals surface area contributed by atoms with Crippen molar-refractivity contribution in [1.29, 1.82) is 0 Å². The molecule has 6 heteroatoms. The maximum absolute atomic E-state index is 12.1. The molecule has 1 atom stereocenters. The van der Waals surface area contributed by atoms with Crippen LogP contribution in [0.2, 0.25) is 0 Å². The van der Waals surface area contributed by atoms with Crippen LogP contribution in [-0.2, 0) is 20.7 Å². The quantitative estimate of drug-likeness (QED) is 0.850. The van der Waals surface area contributed by atoms with Crippen molar-refractivity contribution in [2.75, 3.05) is 38.2 Å². The van der Waals surface area contributed by atoms with Crippen LogP contribution in [0.3, 0.4) is 0 Å². The first-order chi connectivity index (χ1) is 11.7. The van der Waals surface area contributed by atoms with Crippen LogP contribution in [0, 0.1) is 0 Å². The van der Waals surface area contributed by atoms with E-state index >= 15 is 0 Å². The topological polar surface area (TPSA) is 70.7 Å². The van der Waals surface area contributed by atoms with Crippen LogP contribution in [0.15, 0.2) is 24.3 Å². The van der Waals surface area contributed by atoms with Crippen LogP contribution < -0.4 is 10.6 Å². The number of morpholine rings is 1. The number of ether oxygens (including phenoxy) is 1. The van der Waals surface area contributed by atoms with Gasteiger partial charge < -0.3 is 20.3 Å². The molecular formula is C18H25N3O3. The second-order valence-electron chi connectivity index (χ2n) is 6.44. The van der Waals surface area contributed by atoms with Crippen LogP contribution in [-0.4, -0.2) is 55.6 Å². The minimum atomic E-state index is -0.0288. The number of benzene rings is 1. The number of anilines is 1. The molecule has 0 spiro atoms. The minimum Gasteiger partial charge on any atom is -0.378 e. The van der Waals surface area contributed by atoms with E-state index in [-0.39, 0.29) is 17.9 Å². The molecule has 2 fully saturated rings. The highest BCUT2D eigenvalue weighted by Crippen LogP contribution is 2.14. The highest BCUT2D eigenvalue weighted by molar-refractivity contribution is 5.91. The third-order valence-electron chi connectivity index (χ3n) is 4.48. The summed E-state index contributed by atoms with van der Waals surface area (Å²) in [5.41, 5.74) is 1.74. The first-order valence-electron chi connectivity index (χ1n) is 8.68. The Morgan fingerprint density at radius 2 is 1.96 bits per heavy atom. The largest absolute Gasteiger partial charge is 0.378 e. The number of hydrogen-bond acceptors (Lipinski definition) is 4. The van der Waals surface area contributed by atoms with Gasteiger partial charge in [0, 0.05) is 37.8 Å². The number of hydrogen-bond donors (Lipinski definition) is 2. The summed E-state index contributed by atoms with van der Waals surface area (Å²) < 4.78 is 5.35. The molecule has 130 valence electrons. The molecule has 0 aromatic heterocycles. The maximum Gasteiger partial charge on any atom is 0.226 e. The fourth-order valence-corrected chi connectivity index (χ4v) is 3.15. The van der Waals surface area contributed by atoms with E-state index in [4.69, 9.17) is 4.74 Å². The Morgan fingerprint density at radius 1 is 1.21 bits per heavy atom. The number of carbonyl (C=O) groups excluding carboxylic acids is 2. The lowest BCUT2D eigenvalue weighted by molar-refractivity contribution is -0.129. The lowest BCUT2D eigenvalue weighted by atomic mass is 10.1. The fourth-order valence-electron chi connectivity index (χ4n) is 3.15. The molecule has 1 aromatic carbocycles. The van der Waals surface area contributed by atoms with E-state index in [1.165, 1.54) is 0 Å². The second kappa shape index (κ2) is 8.26. The van der Waals surface area contributed by atoms with Crippen LogP contribution in [0.5, 0.6) is 0 Å². The highest BCUT2D eigenvalue weighted by atomic mass is 16.5. The molecule has 2 aliphatic rings. The number of nitrogens with one attached hydrogen (secondary N) is 2. The average molecular weight is 331 g/mol. The van der Waals surface area contributed by atoms with Gasteiger partial charge in [0.15, 0.2) is 0 Å². The number of rotatable bonds is 5. The van der Waals surface area contributed by atoms with Crippen molar-refractivity contribution < 1.29 is 14.3 Å². The second-order valence-corrected chi connectivity index (χ2v) is 6.44. The molecule has 1 aromatic rings. The zero-order chi connectivity index (χ0) is 16.8. The van der Waals surface area contributed by atoms with Gasteiger partial charge in [0.05, 0.1) is 19.6 Å². The van der Waals surface area contributed by atoms with Crippen molar-refractivity contribution in [3.63, 3.8) is 0 Å². The summed E-state index contributed by atoms with van der Waals surface area (Å²) in [5, 5.41) is 6.16. The third kappa shape index (κ3) is 4.79. The molecule has 0 radical (unpaired) electrons. The number of nitrogens with zero attached hydrogens (tertiary/aromatic N) is 1. The summed E-state index contributed by atoms with van der Waals surface area (Å²) in [6, 6.07) is 7.61. The van der Waals surface area contributed by atoms with Gasteiger partial charge in [-0.25, -0.2) is 0 Å². The number of carbonyl (C=O) groups is 2. The first-order valence-corrected chi connectivity index (χ1v) is 8.68. The average Bonchev–Trinajstić information content (AvgIpc) is 3.12. The standard InChI is InChI=1S/C18H25N3O3/c22-17(12-16-13-24-10-7-19-16)20-15-5-3-14(4-6-15)11-18(23)21-8-1-2-9-21/h3-6,16,19H,1-2,7-13H2,(H,20,22)/t16-/m0/s1. The van der Waals surface area contributed by atoms with Crippen LogP contribution in [0.4, 0.5) is 5.69 Å². The Balaban J connectivity index is 1.46. The van der Waals surface area contributed by atoms with E-state index in [0.29, 0.717) is 26.1 Å². The fraction of sp³-hybridized carbons (Fsp3) is 0.556. The van der Waals surface area contributed by atoms with Crippen molar-refractivity contribution in [3.05, 3.63) is 29.8 Å². The van der Waals surface area contributed by atoms with Gasteiger partial charge in [-0.05, 0) is 30.5 Å². The van der Waals surface area contributed by atoms with Crippen molar-refractivity contribution in [2.24, 2.45) is 0 Å². The zero-order valence-corrected chi connectivity index (χ0v) is 13.9. The lowest BCUT2D eigenvalue weighted by Gasteiger charge is -2.23. The van der Waals surface area contributed by atoms with Gasteiger partial charge >= 0.3 is 0 Å². The molecule has 0 bridgehead atoms. The summed E-state index contributed by atoms with van der Waals surface area (Å²) in [6.45, 7) is 3.83. The Morgan fingerprint density at radius 3 is 2.62 bits per heavy atom. The molecule has 2 aliphatic heterocycles. The predicted octanol–water partition coefficient (Wildman–Crippen LogP) is 1.17. The Hall–Kier alpha value is -1.92. The summed E-state index contributed by atoms with van der Waals surface area (Å²) in [6.07, 6.45) is 3.04. The molecule has 0 aliphatic carbocycles. The van der Waals surface area contributed by atoms with Gasteiger partial charge in [-0.15, -0.1) is 0 Å². The lowest BCUT2D eigenvalue weighted by Crippen LogP contribution is -2.43. The van der Waals surface area contributed by atoms with Gasteiger partial charge in [0.2, 0.25) is 11.8 Å². The maximum atomic E-state index is 12.1. The number of likely N-dealkylation sites (tertiary alicyclic amines) is 1. The molecule has 3 rings (SSSR count). The summed E-state index contributed by atoms with van der Waals surface area (Å²) in [5.74, 6) is 0.159. The van der Waals surface area contributed by atoms with Crippen molar-refractivity contribution >= 4 is 17.5 Å². The van der Waals surface area contributed by atoms with E-state index in [1.807, 2.05) is 29.2 Å². The van der Waals surface area contributed by atoms with Gasteiger partial charge in [-0.2, -0.15) is 0 Å². The van der Waals surface area contributed by atoms with Crippen LogP contribution in [0.1, 0.15) is 24.8 Å². The van der Waals surface area contributed by atoms with E-state index in [1.54, 1.807) is 0 Å².